The standard InChI is InChI=1S/C13H12BrClOS/c1-8-6-9(2-4-11(8)15)12(16)7-10-3-5-13(14)17-10/h2-6,12,16H,7H2,1H3. The van der Waals surface area contributed by atoms with Crippen molar-refractivity contribution in [1.82, 2.24) is 0 Å². The zero-order chi connectivity index (χ0) is 12.4. The molecule has 1 unspecified atom stereocenters. The molecule has 0 aliphatic rings. The minimum atomic E-state index is -0.475. The molecule has 0 saturated heterocycles. The molecule has 0 spiro atoms. The molecule has 1 nitrogen and oxygen atoms in total. The highest BCUT2D eigenvalue weighted by molar-refractivity contribution is 9.11. The van der Waals surface area contributed by atoms with E-state index in [1.165, 1.54) is 0 Å². The van der Waals surface area contributed by atoms with Crippen molar-refractivity contribution in [3.8, 4) is 0 Å². The van der Waals surface area contributed by atoms with E-state index in [2.05, 4.69) is 15.9 Å². The maximum Gasteiger partial charge on any atom is 0.0838 e. The zero-order valence-electron chi connectivity index (χ0n) is 9.28. The largest absolute Gasteiger partial charge is 0.388 e. The lowest BCUT2D eigenvalue weighted by molar-refractivity contribution is 0.179. The van der Waals surface area contributed by atoms with Crippen LogP contribution in [0, 0.1) is 6.92 Å². The van der Waals surface area contributed by atoms with Crippen LogP contribution in [0.3, 0.4) is 0 Å². The van der Waals surface area contributed by atoms with Crippen LogP contribution in [0.15, 0.2) is 34.1 Å². The summed E-state index contributed by atoms with van der Waals surface area (Å²) in [5.41, 5.74) is 1.91. The Morgan fingerprint density at radius 1 is 1.35 bits per heavy atom. The molecule has 1 aromatic carbocycles. The fraction of sp³-hybridized carbons (Fsp3) is 0.231. The predicted octanol–water partition coefficient (Wildman–Crippen LogP) is 4.75. The van der Waals surface area contributed by atoms with Gasteiger partial charge in [0.05, 0.1) is 9.89 Å². The zero-order valence-corrected chi connectivity index (χ0v) is 12.4. The molecular weight excluding hydrogens is 320 g/mol. The molecule has 0 amide bonds. The maximum atomic E-state index is 10.1. The Kier molecular flexibility index (Phi) is 4.26. The number of benzene rings is 1. The Hall–Kier alpha value is -0.350. The van der Waals surface area contributed by atoms with Gasteiger partial charge in [-0.15, -0.1) is 11.3 Å². The predicted molar refractivity (Wildman–Crippen MR) is 76.9 cm³/mol. The van der Waals surface area contributed by atoms with Gasteiger partial charge in [-0.1, -0.05) is 23.7 Å². The van der Waals surface area contributed by atoms with E-state index >= 15 is 0 Å². The van der Waals surface area contributed by atoms with Crippen LogP contribution in [-0.2, 0) is 6.42 Å². The first-order chi connectivity index (χ1) is 8.06. The van der Waals surface area contributed by atoms with Gasteiger partial charge >= 0.3 is 0 Å². The van der Waals surface area contributed by atoms with E-state index < -0.39 is 6.10 Å². The lowest BCUT2D eigenvalue weighted by Gasteiger charge is -2.11. The van der Waals surface area contributed by atoms with Gasteiger partial charge in [-0.05, 0) is 52.2 Å². The number of aryl methyl sites for hydroxylation is 1. The first kappa shape index (κ1) is 13.1. The van der Waals surface area contributed by atoms with Crippen molar-refractivity contribution in [3.05, 3.63) is 55.1 Å². The molecule has 0 aliphatic heterocycles. The van der Waals surface area contributed by atoms with Crippen molar-refractivity contribution in [2.45, 2.75) is 19.4 Å². The fourth-order valence-electron chi connectivity index (χ4n) is 1.65. The van der Waals surface area contributed by atoms with Crippen molar-refractivity contribution in [2.75, 3.05) is 0 Å². The average Bonchev–Trinajstić information content (AvgIpc) is 2.68. The summed E-state index contributed by atoms with van der Waals surface area (Å²) >= 11 is 11.0. The van der Waals surface area contributed by atoms with E-state index in [1.54, 1.807) is 11.3 Å². The summed E-state index contributed by atoms with van der Waals surface area (Å²) in [5, 5.41) is 10.9. The quantitative estimate of drug-likeness (QED) is 0.860. The number of rotatable bonds is 3. The highest BCUT2D eigenvalue weighted by atomic mass is 79.9. The molecule has 1 heterocycles. The number of hydrogen-bond acceptors (Lipinski definition) is 2. The summed E-state index contributed by atoms with van der Waals surface area (Å²) < 4.78 is 1.09. The van der Waals surface area contributed by atoms with E-state index in [-0.39, 0.29) is 0 Å². The second kappa shape index (κ2) is 5.53. The van der Waals surface area contributed by atoms with Crippen LogP contribution in [0.4, 0.5) is 0 Å². The Morgan fingerprint density at radius 3 is 2.71 bits per heavy atom. The third-order valence-electron chi connectivity index (χ3n) is 2.59. The summed E-state index contributed by atoms with van der Waals surface area (Å²) in [6.45, 7) is 1.94. The summed E-state index contributed by atoms with van der Waals surface area (Å²) in [7, 11) is 0. The van der Waals surface area contributed by atoms with Crippen molar-refractivity contribution in [3.63, 3.8) is 0 Å². The molecule has 0 saturated carbocycles. The minimum absolute atomic E-state index is 0.475. The topological polar surface area (TPSA) is 20.2 Å². The van der Waals surface area contributed by atoms with Crippen molar-refractivity contribution in [1.29, 1.82) is 0 Å². The van der Waals surface area contributed by atoms with Gasteiger partial charge in [0.25, 0.3) is 0 Å². The van der Waals surface area contributed by atoms with Crippen LogP contribution in [-0.4, -0.2) is 5.11 Å². The SMILES string of the molecule is Cc1cc(C(O)Cc2ccc(Br)s2)ccc1Cl. The molecule has 4 heteroatoms. The maximum absolute atomic E-state index is 10.1. The molecule has 17 heavy (non-hydrogen) atoms. The highest BCUT2D eigenvalue weighted by Crippen LogP contribution is 2.28. The smallest absolute Gasteiger partial charge is 0.0838 e. The van der Waals surface area contributed by atoms with E-state index in [9.17, 15) is 5.11 Å². The molecule has 1 aromatic heterocycles. The Balaban J connectivity index is 2.14. The van der Waals surface area contributed by atoms with Gasteiger partial charge in [0.1, 0.15) is 0 Å². The van der Waals surface area contributed by atoms with Gasteiger partial charge in [-0.2, -0.15) is 0 Å². The highest BCUT2D eigenvalue weighted by Gasteiger charge is 2.11. The third-order valence-corrected chi connectivity index (χ3v) is 4.66. The van der Waals surface area contributed by atoms with Crippen LogP contribution in [0.1, 0.15) is 22.1 Å². The molecule has 0 aliphatic carbocycles. The Morgan fingerprint density at radius 2 is 2.12 bits per heavy atom. The Labute approximate surface area is 118 Å². The van der Waals surface area contributed by atoms with E-state index in [0.29, 0.717) is 6.42 Å². The van der Waals surface area contributed by atoms with Gasteiger partial charge in [0, 0.05) is 16.3 Å². The summed E-state index contributed by atoms with van der Waals surface area (Å²) in [5.74, 6) is 0. The molecule has 0 bridgehead atoms. The minimum Gasteiger partial charge on any atom is -0.388 e. The Bertz CT molecular complexity index is 524. The second-order valence-corrected chi connectivity index (χ2v) is 6.89. The van der Waals surface area contributed by atoms with E-state index in [0.717, 1.165) is 24.8 Å². The van der Waals surface area contributed by atoms with Gasteiger partial charge in [0.15, 0.2) is 0 Å². The van der Waals surface area contributed by atoms with Gasteiger partial charge in [-0.3, -0.25) is 0 Å². The fourth-order valence-corrected chi connectivity index (χ4v) is 3.28. The normalized spacial score (nSPS) is 12.7. The molecule has 2 rings (SSSR count). The van der Waals surface area contributed by atoms with Gasteiger partial charge in [0.2, 0.25) is 0 Å². The van der Waals surface area contributed by atoms with Crippen LogP contribution >= 0.6 is 38.9 Å². The average molecular weight is 332 g/mol. The summed E-state index contributed by atoms with van der Waals surface area (Å²) in [6, 6.07) is 9.68. The van der Waals surface area contributed by atoms with Crippen molar-refractivity contribution < 1.29 is 5.11 Å². The molecular formula is C13H12BrClOS. The van der Waals surface area contributed by atoms with E-state index in [1.807, 2.05) is 37.3 Å². The number of halogens is 2. The second-order valence-electron chi connectivity index (χ2n) is 3.93. The first-order valence-electron chi connectivity index (χ1n) is 5.24. The molecule has 90 valence electrons. The first-order valence-corrected chi connectivity index (χ1v) is 7.23. The molecule has 1 atom stereocenters. The van der Waals surface area contributed by atoms with Crippen LogP contribution < -0.4 is 0 Å². The molecule has 0 radical (unpaired) electrons. The number of aliphatic hydroxyl groups excluding tert-OH is 1. The summed E-state index contributed by atoms with van der Waals surface area (Å²) in [6.07, 6.45) is 0.161. The number of thiophene rings is 1. The van der Waals surface area contributed by atoms with E-state index in [4.69, 9.17) is 11.6 Å². The molecule has 1 N–H and O–H groups in total. The monoisotopic (exact) mass is 330 g/mol. The van der Waals surface area contributed by atoms with Crippen LogP contribution in [0.25, 0.3) is 0 Å². The number of aliphatic hydroxyl groups is 1. The summed E-state index contributed by atoms with van der Waals surface area (Å²) in [4.78, 5) is 1.16. The lowest BCUT2D eigenvalue weighted by atomic mass is 10.0. The molecule has 2 aromatic rings. The van der Waals surface area contributed by atoms with Crippen LogP contribution in [0.5, 0.6) is 0 Å². The third kappa shape index (κ3) is 3.32. The van der Waals surface area contributed by atoms with Crippen molar-refractivity contribution >= 4 is 38.9 Å². The number of hydrogen-bond donors (Lipinski definition) is 1. The van der Waals surface area contributed by atoms with Gasteiger partial charge in [-0.25, -0.2) is 0 Å². The van der Waals surface area contributed by atoms with Gasteiger partial charge < -0.3 is 5.11 Å². The van der Waals surface area contributed by atoms with Crippen LogP contribution in [0.2, 0.25) is 5.02 Å². The lowest BCUT2D eigenvalue weighted by Crippen LogP contribution is -2.00. The molecule has 0 fully saturated rings. The van der Waals surface area contributed by atoms with Crippen molar-refractivity contribution in [2.24, 2.45) is 0 Å².